The van der Waals surface area contributed by atoms with Crippen molar-refractivity contribution in [2.45, 2.75) is 12.8 Å². The second kappa shape index (κ2) is 5.69. The molecule has 0 saturated carbocycles. The van der Waals surface area contributed by atoms with E-state index in [1.165, 1.54) is 12.1 Å². The summed E-state index contributed by atoms with van der Waals surface area (Å²) < 4.78 is 40.0. The third-order valence-corrected chi connectivity index (χ3v) is 3.21. The maximum absolute atomic E-state index is 12.0. The first-order valence-electron chi connectivity index (χ1n) is 6.23. The van der Waals surface area contributed by atoms with E-state index in [0.717, 1.165) is 31.7 Å². The summed E-state index contributed by atoms with van der Waals surface area (Å²) in [7, 11) is 1.92. The standard InChI is InChI=1S/C13H17F3N2O/c1-17-8-10-6-7-18(9-10)11-2-4-12(5-3-11)19-13(14,15)16/h2-5,10,17H,6-9H2,1H3. The minimum absolute atomic E-state index is 0.178. The maximum Gasteiger partial charge on any atom is 0.573 e. The first-order chi connectivity index (χ1) is 8.98. The van der Waals surface area contributed by atoms with Gasteiger partial charge in [0.05, 0.1) is 0 Å². The van der Waals surface area contributed by atoms with Gasteiger partial charge in [0.2, 0.25) is 0 Å². The molecular weight excluding hydrogens is 257 g/mol. The maximum atomic E-state index is 12.0. The van der Waals surface area contributed by atoms with Gasteiger partial charge in [0.25, 0.3) is 0 Å². The Kier molecular flexibility index (Phi) is 4.19. The number of hydrogen-bond acceptors (Lipinski definition) is 3. The molecule has 1 aliphatic rings. The molecule has 1 atom stereocenters. The molecule has 0 radical (unpaired) electrons. The van der Waals surface area contributed by atoms with E-state index in [9.17, 15) is 13.2 Å². The zero-order valence-corrected chi connectivity index (χ0v) is 10.7. The van der Waals surface area contributed by atoms with E-state index in [-0.39, 0.29) is 5.75 Å². The Hall–Kier alpha value is -1.43. The highest BCUT2D eigenvalue weighted by atomic mass is 19.4. The molecule has 1 aromatic rings. The molecule has 1 saturated heterocycles. The van der Waals surface area contributed by atoms with Crippen LogP contribution < -0.4 is 15.0 Å². The van der Waals surface area contributed by atoms with Gasteiger partial charge in [0.15, 0.2) is 0 Å². The van der Waals surface area contributed by atoms with Crippen molar-refractivity contribution in [2.24, 2.45) is 5.92 Å². The summed E-state index contributed by atoms with van der Waals surface area (Å²) in [5.41, 5.74) is 0.938. The Morgan fingerprint density at radius 2 is 2.00 bits per heavy atom. The van der Waals surface area contributed by atoms with Crippen molar-refractivity contribution in [3.63, 3.8) is 0 Å². The van der Waals surface area contributed by atoms with E-state index >= 15 is 0 Å². The van der Waals surface area contributed by atoms with Crippen LogP contribution in [0.25, 0.3) is 0 Å². The van der Waals surface area contributed by atoms with E-state index < -0.39 is 6.36 Å². The number of ether oxygens (including phenoxy) is 1. The quantitative estimate of drug-likeness (QED) is 0.913. The van der Waals surface area contributed by atoms with Gasteiger partial charge < -0.3 is 15.0 Å². The second-order valence-corrected chi connectivity index (χ2v) is 4.70. The molecule has 0 aliphatic carbocycles. The lowest BCUT2D eigenvalue weighted by Crippen LogP contribution is -2.24. The van der Waals surface area contributed by atoms with Crippen molar-refractivity contribution in [1.82, 2.24) is 5.32 Å². The fourth-order valence-corrected chi connectivity index (χ4v) is 2.38. The fraction of sp³-hybridized carbons (Fsp3) is 0.538. The number of rotatable bonds is 4. The van der Waals surface area contributed by atoms with Crippen molar-refractivity contribution in [3.05, 3.63) is 24.3 Å². The average molecular weight is 274 g/mol. The van der Waals surface area contributed by atoms with Crippen LogP contribution in [-0.4, -0.2) is 33.0 Å². The van der Waals surface area contributed by atoms with Crippen LogP contribution in [0.2, 0.25) is 0 Å². The normalized spacial score (nSPS) is 19.8. The van der Waals surface area contributed by atoms with Crippen LogP contribution in [0.15, 0.2) is 24.3 Å². The summed E-state index contributed by atoms with van der Waals surface area (Å²) in [4.78, 5) is 2.18. The molecule has 1 heterocycles. The lowest BCUT2D eigenvalue weighted by Gasteiger charge is -2.19. The van der Waals surface area contributed by atoms with E-state index in [1.54, 1.807) is 12.1 Å². The van der Waals surface area contributed by atoms with Crippen molar-refractivity contribution >= 4 is 5.69 Å². The SMILES string of the molecule is CNCC1CCN(c2ccc(OC(F)(F)F)cc2)C1. The van der Waals surface area contributed by atoms with Gasteiger partial charge in [-0.05, 0) is 50.2 Å². The van der Waals surface area contributed by atoms with Gasteiger partial charge in [0.1, 0.15) is 5.75 Å². The molecule has 106 valence electrons. The van der Waals surface area contributed by atoms with Gasteiger partial charge in [-0.15, -0.1) is 13.2 Å². The van der Waals surface area contributed by atoms with Gasteiger partial charge in [-0.3, -0.25) is 0 Å². The predicted octanol–water partition coefficient (Wildman–Crippen LogP) is 2.63. The molecule has 0 amide bonds. The third-order valence-electron chi connectivity index (χ3n) is 3.21. The molecule has 1 N–H and O–H groups in total. The van der Waals surface area contributed by atoms with Gasteiger partial charge in [-0.2, -0.15) is 0 Å². The summed E-state index contributed by atoms with van der Waals surface area (Å²) in [5.74, 6) is 0.415. The molecule has 19 heavy (non-hydrogen) atoms. The smallest absolute Gasteiger partial charge is 0.406 e. The van der Waals surface area contributed by atoms with Crippen molar-refractivity contribution in [1.29, 1.82) is 0 Å². The van der Waals surface area contributed by atoms with Gasteiger partial charge in [-0.1, -0.05) is 0 Å². The Morgan fingerprint density at radius 3 is 2.58 bits per heavy atom. The molecule has 1 aromatic carbocycles. The van der Waals surface area contributed by atoms with Crippen LogP contribution in [0.3, 0.4) is 0 Å². The van der Waals surface area contributed by atoms with Crippen LogP contribution >= 0.6 is 0 Å². The largest absolute Gasteiger partial charge is 0.573 e. The van der Waals surface area contributed by atoms with Crippen molar-refractivity contribution in [2.75, 3.05) is 31.6 Å². The molecule has 0 spiro atoms. The number of alkyl halides is 3. The molecule has 1 aliphatic heterocycles. The number of nitrogens with one attached hydrogen (secondary N) is 1. The first kappa shape index (κ1) is 14.0. The van der Waals surface area contributed by atoms with Gasteiger partial charge in [-0.25, -0.2) is 0 Å². The number of nitrogens with zero attached hydrogens (tertiary/aromatic N) is 1. The van der Waals surface area contributed by atoms with E-state index in [1.807, 2.05) is 7.05 Å². The van der Waals surface area contributed by atoms with Crippen LogP contribution in [-0.2, 0) is 0 Å². The topological polar surface area (TPSA) is 24.5 Å². The first-order valence-corrected chi connectivity index (χ1v) is 6.23. The van der Waals surface area contributed by atoms with Crippen molar-refractivity contribution < 1.29 is 17.9 Å². The molecule has 2 rings (SSSR count). The van der Waals surface area contributed by atoms with Crippen LogP contribution in [0.5, 0.6) is 5.75 Å². The summed E-state index contributed by atoms with van der Waals surface area (Å²) in [6.45, 7) is 2.83. The lowest BCUT2D eigenvalue weighted by atomic mass is 10.1. The van der Waals surface area contributed by atoms with Crippen LogP contribution in [0, 0.1) is 5.92 Å². The Labute approximate surface area is 110 Å². The Balaban J connectivity index is 1.96. The number of hydrogen-bond donors (Lipinski definition) is 1. The van der Waals surface area contributed by atoms with E-state index in [4.69, 9.17) is 0 Å². The highest BCUT2D eigenvalue weighted by Crippen LogP contribution is 2.28. The summed E-state index contributed by atoms with van der Waals surface area (Å²) in [6.07, 6.45) is -3.53. The Bertz CT molecular complexity index is 405. The molecule has 6 heteroatoms. The second-order valence-electron chi connectivity index (χ2n) is 4.70. The molecule has 0 aromatic heterocycles. The predicted molar refractivity (Wildman–Crippen MR) is 67.4 cm³/mol. The number of benzene rings is 1. The van der Waals surface area contributed by atoms with E-state index in [2.05, 4.69) is 15.0 Å². The number of anilines is 1. The molecule has 1 unspecified atom stereocenters. The van der Waals surface area contributed by atoms with Crippen molar-refractivity contribution in [3.8, 4) is 5.75 Å². The zero-order valence-electron chi connectivity index (χ0n) is 10.7. The molecule has 0 bridgehead atoms. The zero-order chi connectivity index (χ0) is 13.9. The summed E-state index contributed by atoms with van der Waals surface area (Å²) in [5, 5.41) is 3.14. The molecule has 3 nitrogen and oxygen atoms in total. The summed E-state index contributed by atoms with van der Waals surface area (Å²) >= 11 is 0. The third kappa shape index (κ3) is 4.02. The lowest BCUT2D eigenvalue weighted by molar-refractivity contribution is -0.274. The van der Waals surface area contributed by atoms with Crippen LogP contribution in [0.4, 0.5) is 18.9 Å². The fourth-order valence-electron chi connectivity index (χ4n) is 2.38. The average Bonchev–Trinajstić information content (AvgIpc) is 2.77. The monoisotopic (exact) mass is 274 g/mol. The number of halogens is 3. The van der Waals surface area contributed by atoms with Gasteiger partial charge in [0, 0.05) is 18.8 Å². The molecular formula is C13H17F3N2O. The highest BCUT2D eigenvalue weighted by Gasteiger charge is 2.31. The van der Waals surface area contributed by atoms with E-state index in [0.29, 0.717) is 5.92 Å². The minimum atomic E-state index is -4.63. The highest BCUT2D eigenvalue weighted by molar-refractivity contribution is 5.49. The Morgan fingerprint density at radius 1 is 1.32 bits per heavy atom. The molecule has 1 fully saturated rings. The van der Waals surface area contributed by atoms with Crippen LogP contribution in [0.1, 0.15) is 6.42 Å². The summed E-state index contributed by atoms with van der Waals surface area (Å²) in [6, 6.07) is 6.05. The minimum Gasteiger partial charge on any atom is -0.406 e. The van der Waals surface area contributed by atoms with Gasteiger partial charge >= 0.3 is 6.36 Å².